The second-order valence-corrected chi connectivity index (χ2v) is 5.17. The fourth-order valence-corrected chi connectivity index (χ4v) is 2.98. The maximum absolute atomic E-state index is 5.88. The Bertz CT molecular complexity index is 300. The lowest BCUT2D eigenvalue weighted by Crippen LogP contribution is -2.29. The molecule has 0 saturated carbocycles. The first-order chi connectivity index (χ1) is 6.78. The lowest BCUT2D eigenvalue weighted by atomic mass is 10.3. The molecule has 0 amide bonds. The molecule has 0 bridgehead atoms. The van der Waals surface area contributed by atoms with Crippen LogP contribution in [0.5, 0.6) is 0 Å². The zero-order valence-corrected chi connectivity index (χ0v) is 9.87. The van der Waals surface area contributed by atoms with E-state index in [1.807, 2.05) is 12.4 Å². The Balaban J connectivity index is 1.87. The van der Waals surface area contributed by atoms with Crippen LogP contribution in [0.1, 0.15) is 11.3 Å². The minimum absolute atomic E-state index is 0.672. The van der Waals surface area contributed by atoms with Crippen molar-refractivity contribution in [3.05, 3.63) is 21.3 Å². The van der Waals surface area contributed by atoms with E-state index < -0.39 is 0 Å². The lowest BCUT2D eigenvalue weighted by molar-refractivity contribution is 0.325. The van der Waals surface area contributed by atoms with Crippen molar-refractivity contribution < 1.29 is 0 Å². The number of likely N-dealkylation sites (N-methyl/N-ethyl adjacent to an activating group) is 1. The third-order valence-corrected chi connectivity index (χ3v) is 3.95. The summed E-state index contributed by atoms with van der Waals surface area (Å²) < 4.78 is 0. The summed E-state index contributed by atoms with van der Waals surface area (Å²) in [7, 11) is 2.04. The topological polar surface area (TPSA) is 15.3 Å². The molecule has 0 aliphatic carbocycles. The van der Waals surface area contributed by atoms with Gasteiger partial charge in [-0.05, 0) is 19.5 Å². The molecule has 0 aromatic carbocycles. The average molecular weight is 231 g/mol. The maximum Gasteiger partial charge on any atom is 0.0516 e. The molecular formula is C10H15ClN2S. The molecule has 4 heteroatoms. The van der Waals surface area contributed by atoms with Gasteiger partial charge in [0.15, 0.2) is 0 Å². The van der Waals surface area contributed by atoms with Crippen LogP contribution < -0.4 is 5.32 Å². The molecule has 0 spiro atoms. The van der Waals surface area contributed by atoms with Gasteiger partial charge in [-0.3, -0.25) is 4.90 Å². The summed E-state index contributed by atoms with van der Waals surface area (Å²) in [6.45, 7) is 3.41. The maximum atomic E-state index is 5.88. The Kier molecular flexibility index (Phi) is 3.44. The molecule has 1 aromatic heterocycles. The van der Waals surface area contributed by atoms with Crippen LogP contribution in [-0.4, -0.2) is 31.1 Å². The molecule has 14 heavy (non-hydrogen) atoms. The number of nitrogens with zero attached hydrogens (tertiary/aromatic N) is 1. The molecule has 1 aromatic rings. The highest BCUT2D eigenvalue weighted by molar-refractivity contribution is 7.10. The average Bonchev–Trinajstić information content (AvgIpc) is 2.76. The molecule has 1 saturated heterocycles. The number of hydrogen-bond acceptors (Lipinski definition) is 3. The number of thiophene rings is 1. The molecule has 1 N–H and O–H groups in total. The molecule has 2 nitrogen and oxygen atoms in total. The van der Waals surface area contributed by atoms with Crippen molar-refractivity contribution in [3.8, 4) is 0 Å². The van der Waals surface area contributed by atoms with Crippen LogP contribution in [0.25, 0.3) is 0 Å². The number of hydrogen-bond donors (Lipinski definition) is 1. The van der Waals surface area contributed by atoms with E-state index in [1.54, 1.807) is 11.3 Å². The SMILES string of the molecule is CNC1CCN(Cc2cc(Cl)cs2)C1. The Morgan fingerprint density at radius 3 is 3.14 bits per heavy atom. The third kappa shape index (κ3) is 2.48. The number of rotatable bonds is 3. The summed E-state index contributed by atoms with van der Waals surface area (Å²) in [5.41, 5.74) is 0. The van der Waals surface area contributed by atoms with Gasteiger partial charge in [0, 0.05) is 35.9 Å². The van der Waals surface area contributed by atoms with Crippen molar-refractivity contribution in [1.29, 1.82) is 0 Å². The molecule has 1 aliphatic rings. The summed E-state index contributed by atoms with van der Waals surface area (Å²) >= 11 is 7.63. The fraction of sp³-hybridized carbons (Fsp3) is 0.600. The van der Waals surface area contributed by atoms with Crippen molar-refractivity contribution in [2.24, 2.45) is 0 Å². The van der Waals surface area contributed by atoms with Crippen molar-refractivity contribution in [1.82, 2.24) is 10.2 Å². The normalized spacial score (nSPS) is 23.1. The molecule has 78 valence electrons. The second kappa shape index (κ2) is 4.62. The molecule has 1 atom stereocenters. The van der Waals surface area contributed by atoms with E-state index >= 15 is 0 Å². The van der Waals surface area contributed by atoms with Crippen molar-refractivity contribution in [2.45, 2.75) is 19.0 Å². The van der Waals surface area contributed by atoms with Crippen molar-refractivity contribution in [2.75, 3.05) is 20.1 Å². The van der Waals surface area contributed by atoms with Gasteiger partial charge in [0.05, 0.1) is 5.02 Å². The first-order valence-electron chi connectivity index (χ1n) is 4.90. The highest BCUT2D eigenvalue weighted by Gasteiger charge is 2.20. The van der Waals surface area contributed by atoms with Gasteiger partial charge >= 0.3 is 0 Å². The van der Waals surface area contributed by atoms with Crippen molar-refractivity contribution in [3.63, 3.8) is 0 Å². The van der Waals surface area contributed by atoms with E-state index in [-0.39, 0.29) is 0 Å². The highest BCUT2D eigenvalue weighted by atomic mass is 35.5. The summed E-state index contributed by atoms with van der Waals surface area (Å²) in [4.78, 5) is 3.84. The van der Waals surface area contributed by atoms with Gasteiger partial charge in [-0.1, -0.05) is 11.6 Å². The number of likely N-dealkylation sites (tertiary alicyclic amines) is 1. The van der Waals surface area contributed by atoms with Crippen LogP contribution in [0.15, 0.2) is 11.4 Å². The number of halogens is 1. The largest absolute Gasteiger partial charge is 0.316 e. The van der Waals surface area contributed by atoms with Crippen LogP contribution in [0.3, 0.4) is 0 Å². The Morgan fingerprint density at radius 2 is 2.57 bits per heavy atom. The van der Waals surface area contributed by atoms with E-state index in [9.17, 15) is 0 Å². The predicted octanol–water partition coefficient (Wildman–Crippen LogP) is 2.20. The van der Waals surface area contributed by atoms with E-state index in [4.69, 9.17) is 11.6 Å². The summed E-state index contributed by atoms with van der Waals surface area (Å²) in [5, 5.41) is 6.19. The van der Waals surface area contributed by atoms with Gasteiger partial charge in [-0.2, -0.15) is 0 Å². The zero-order chi connectivity index (χ0) is 9.97. The molecule has 0 radical (unpaired) electrons. The van der Waals surface area contributed by atoms with Crippen LogP contribution in [-0.2, 0) is 6.54 Å². The van der Waals surface area contributed by atoms with E-state index in [2.05, 4.69) is 16.3 Å². The summed E-state index contributed by atoms with van der Waals surface area (Å²) in [6, 6.07) is 2.74. The Morgan fingerprint density at radius 1 is 1.71 bits per heavy atom. The van der Waals surface area contributed by atoms with E-state index in [0.717, 1.165) is 18.1 Å². The summed E-state index contributed by atoms with van der Waals surface area (Å²) in [5.74, 6) is 0. The Hall–Kier alpha value is -0.0900. The van der Waals surface area contributed by atoms with Gasteiger partial charge in [0.25, 0.3) is 0 Å². The van der Waals surface area contributed by atoms with Gasteiger partial charge in [-0.25, -0.2) is 0 Å². The zero-order valence-electron chi connectivity index (χ0n) is 8.29. The molecular weight excluding hydrogens is 216 g/mol. The lowest BCUT2D eigenvalue weighted by Gasteiger charge is -2.14. The first-order valence-corrected chi connectivity index (χ1v) is 6.16. The second-order valence-electron chi connectivity index (χ2n) is 3.74. The first kappa shape index (κ1) is 10.4. The highest BCUT2D eigenvalue weighted by Crippen LogP contribution is 2.22. The van der Waals surface area contributed by atoms with E-state index in [0.29, 0.717) is 6.04 Å². The van der Waals surface area contributed by atoms with E-state index in [1.165, 1.54) is 17.8 Å². The molecule has 2 rings (SSSR count). The molecule has 1 unspecified atom stereocenters. The minimum Gasteiger partial charge on any atom is -0.316 e. The van der Waals surface area contributed by atoms with Crippen molar-refractivity contribution >= 4 is 22.9 Å². The predicted molar refractivity (Wildman–Crippen MR) is 62.1 cm³/mol. The minimum atomic E-state index is 0.672. The smallest absolute Gasteiger partial charge is 0.0516 e. The summed E-state index contributed by atoms with van der Waals surface area (Å²) in [6.07, 6.45) is 1.26. The quantitative estimate of drug-likeness (QED) is 0.857. The molecule has 1 aliphatic heterocycles. The molecule has 2 heterocycles. The van der Waals surface area contributed by atoms with Gasteiger partial charge in [-0.15, -0.1) is 11.3 Å². The number of nitrogens with one attached hydrogen (secondary N) is 1. The van der Waals surface area contributed by atoms with Crippen LogP contribution in [0.2, 0.25) is 5.02 Å². The fourth-order valence-electron chi connectivity index (χ4n) is 1.87. The third-order valence-electron chi connectivity index (χ3n) is 2.68. The monoisotopic (exact) mass is 230 g/mol. The Labute approximate surface area is 93.9 Å². The standard InChI is InChI=1S/C10H15ClN2S/c1-12-9-2-3-13(5-9)6-10-4-8(11)7-14-10/h4,7,9,12H,2-3,5-6H2,1H3. The van der Waals surface area contributed by atoms with Gasteiger partial charge in [0.2, 0.25) is 0 Å². The van der Waals surface area contributed by atoms with Crippen LogP contribution in [0, 0.1) is 0 Å². The van der Waals surface area contributed by atoms with Gasteiger partial charge in [0.1, 0.15) is 0 Å². The van der Waals surface area contributed by atoms with Crippen LogP contribution in [0.4, 0.5) is 0 Å². The van der Waals surface area contributed by atoms with Crippen LogP contribution >= 0.6 is 22.9 Å². The molecule has 1 fully saturated rings. The van der Waals surface area contributed by atoms with Gasteiger partial charge < -0.3 is 5.32 Å².